The Kier molecular flexibility index (Phi) is 6.13. The number of rotatable bonds is 6. The van der Waals surface area contributed by atoms with E-state index in [-0.39, 0.29) is 27.9 Å². The van der Waals surface area contributed by atoms with Crippen molar-refractivity contribution in [2.75, 3.05) is 20.1 Å². The van der Waals surface area contributed by atoms with Gasteiger partial charge < -0.3 is 10.6 Å². The molecule has 2 amide bonds. The van der Waals surface area contributed by atoms with Gasteiger partial charge in [0.15, 0.2) is 0 Å². The molecule has 0 aliphatic rings. The van der Waals surface area contributed by atoms with Gasteiger partial charge in [-0.2, -0.15) is 0 Å². The van der Waals surface area contributed by atoms with E-state index in [1.807, 2.05) is 0 Å². The highest BCUT2D eigenvalue weighted by atomic mass is 35.5. The van der Waals surface area contributed by atoms with Crippen molar-refractivity contribution in [1.29, 1.82) is 0 Å². The highest BCUT2D eigenvalue weighted by molar-refractivity contribution is 7.89. The Labute approximate surface area is 128 Å². The van der Waals surface area contributed by atoms with E-state index in [1.54, 1.807) is 6.92 Å². The van der Waals surface area contributed by atoms with Crippen molar-refractivity contribution in [1.82, 2.24) is 15.4 Å². The molecule has 0 spiro atoms. The fraction of sp³-hybridized carbons (Fsp3) is 0.333. The molecule has 0 aliphatic heterocycles. The number of amides is 2. The van der Waals surface area contributed by atoms with Crippen LogP contribution in [0.15, 0.2) is 23.1 Å². The van der Waals surface area contributed by atoms with Crippen molar-refractivity contribution in [3.05, 3.63) is 28.8 Å². The second-order valence-electron chi connectivity index (χ2n) is 3.99. The minimum Gasteiger partial charge on any atom is -0.355 e. The highest BCUT2D eigenvalue weighted by Crippen LogP contribution is 2.20. The van der Waals surface area contributed by atoms with Gasteiger partial charge in [-0.1, -0.05) is 11.6 Å². The van der Waals surface area contributed by atoms with Crippen molar-refractivity contribution < 1.29 is 18.0 Å². The molecule has 1 rings (SSSR count). The number of likely N-dealkylation sites (N-methyl/N-ethyl adjacent to an activating group) is 1. The topological polar surface area (TPSA) is 104 Å². The summed E-state index contributed by atoms with van der Waals surface area (Å²) < 4.78 is 25.5. The molecule has 7 nitrogen and oxygen atoms in total. The number of hydrogen-bond donors (Lipinski definition) is 3. The van der Waals surface area contributed by atoms with Crippen LogP contribution in [-0.2, 0) is 14.8 Å². The Hall–Kier alpha value is -1.64. The molecule has 116 valence electrons. The van der Waals surface area contributed by atoms with Crippen LogP contribution in [0, 0.1) is 0 Å². The van der Waals surface area contributed by atoms with Crippen molar-refractivity contribution in [2.45, 2.75) is 11.8 Å². The first-order valence-electron chi connectivity index (χ1n) is 6.09. The van der Waals surface area contributed by atoms with Crippen LogP contribution in [0.5, 0.6) is 0 Å². The van der Waals surface area contributed by atoms with Crippen molar-refractivity contribution >= 4 is 33.4 Å². The number of carbonyl (C=O) groups excluding carboxylic acids is 2. The van der Waals surface area contributed by atoms with Crippen molar-refractivity contribution in [3.63, 3.8) is 0 Å². The van der Waals surface area contributed by atoms with Crippen LogP contribution in [0.25, 0.3) is 0 Å². The van der Waals surface area contributed by atoms with Gasteiger partial charge in [0, 0.05) is 6.54 Å². The van der Waals surface area contributed by atoms with Crippen LogP contribution in [0.4, 0.5) is 0 Å². The molecule has 0 fully saturated rings. The van der Waals surface area contributed by atoms with E-state index in [9.17, 15) is 18.0 Å². The van der Waals surface area contributed by atoms with E-state index in [1.165, 1.54) is 19.2 Å². The molecule has 0 radical (unpaired) electrons. The summed E-state index contributed by atoms with van der Waals surface area (Å²) in [6.45, 7) is 1.99. The van der Waals surface area contributed by atoms with Crippen LogP contribution in [0.3, 0.4) is 0 Å². The normalized spacial score (nSPS) is 11.0. The second-order valence-corrected chi connectivity index (χ2v) is 6.28. The lowest BCUT2D eigenvalue weighted by atomic mass is 10.2. The monoisotopic (exact) mass is 333 g/mol. The molecule has 3 N–H and O–H groups in total. The van der Waals surface area contributed by atoms with Gasteiger partial charge in [0.05, 0.1) is 22.0 Å². The Bertz CT molecular complexity index is 646. The molecule has 0 atom stereocenters. The predicted octanol–water partition coefficient (Wildman–Crippen LogP) is 0.114. The first kappa shape index (κ1) is 17.4. The predicted molar refractivity (Wildman–Crippen MR) is 78.7 cm³/mol. The molecule has 0 aromatic heterocycles. The third-order valence-corrected chi connectivity index (χ3v) is 4.29. The molecular weight excluding hydrogens is 318 g/mol. The number of benzene rings is 1. The lowest BCUT2D eigenvalue weighted by Crippen LogP contribution is -2.36. The summed E-state index contributed by atoms with van der Waals surface area (Å²) in [4.78, 5) is 23.1. The Morgan fingerprint density at radius 2 is 1.90 bits per heavy atom. The number of halogens is 1. The van der Waals surface area contributed by atoms with Gasteiger partial charge in [0.2, 0.25) is 15.9 Å². The largest absolute Gasteiger partial charge is 0.355 e. The zero-order valence-electron chi connectivity index (χ0n) is 11.6. The van der Waals surface area contributed by atoms with Gasteiger partial charge >= 0.3 is 0 Å². The van der Waals surface area contributed by atoms with E-state index in [0.717, 1.165) is 6.07 Å². The standard InChI is InChI=1S/C12H16ClN3O4S/c1-3-15-11(17)7-16-12(18)9-6-8(4-5-10(9)13)21(19,20)14-2/h4-6,14H,3,7H2,1-2H3,(H,15,17)(H,16,18). The SMILES string of the molecule is CCNC(=O)CNC(=O)c1cc(S(=O)(=O)NC)ccc1Cl. The minimum atomic E-state index is -3.68. The van der Waals surface area contributed by atoms with Crippen LogP contribution in [0.1, 0.15) is 17.3 Å². The van der Waals surface area contributed by atoms with E-state index >= 15 is 0 Å². The maximum atomic E-state index is 12.0. The summed E-state index contributed by atoms with van der Waals surface area (Å²) in [6, 6.07) is 3.75. The van der Waals surface area contributed by atoms with Gasteiger partial charge in [-0.05, 0) is 32.2 Å². The molecule has 9 heteroatoms. The first-order chi connectivity index (χ1) is 9.81. The average Bonchev–Trinajstić information content (AvgIpc) is 2.45. The average molecular weight is 334 g/mol. The fourth-order valence-corrected chi connectivity index (χ4v) is 2.44. The number of carbonyl (C=O) groups is 2. The Morgan fingerprint density at radius 1 is 1.24 bits per heavy atom. The van der Waals surface area contributed by atoms with Gasteiger partial charge in [0.25, 0.3) is 5.91 Å². The molecule has 0 saturated heterocycles. The van der Waals surface area contributed by atoms with Crippen molar-refractivity contribution in [2.24, 2.45) is 0 Å². The maximum Gasteiger partial charge on any atom is 0.253 e. The van der Waals surface area contributed by atoms with Crippen LogP contribution >= 0.6 is 11.6 Å². The third-order valence-electron chi connectivity index (χ3n) is 2.54. The summed E-state index contributed by atoms with van der Waals surface area (Å²) in [5.41, 5.74) is -0.0164. The molecule has 1 aromatic carbocycles. The van der Waals surface area contributed by atoms with E-state index < -0.39 is 15.9 Å². The van der Waals surface area contributed by atoms with Gasteiger partial charge in [-0.15, -0.1) is 0 Å². The molecule has 0 aliphatic carbocycles. The summed E-state index contributed by atoms with van der Waals surface area (Å²) >= 11 is 5.88. The van der Waals surface area contributed by atoms with Gasteiger partial charge in [-0.3, -0.25) is 9.59 Å². The molecule has 0 heterocycles. The maximum absolute atomic E-state index is 12.0. The summed E-state index contributed by atoms with van der Waals surface area (Å²) in [5, 5.41) is 4.99. The fourth-order valence-electron chi connectivity index (χ4n) is 1.48. The Balaban J connectivity index is 2.94. The molecule has 0 bridgehead atoms. The van der Waals surface area contributed by atoms with Crippen LogP contribution in [-0.4, -0.2) is 40.4 Å². The number of nitrogens with one attached hydrogen (secondary N) is 3. The summed E-state index contributed by atoms with van der Waals surface area (Å²) in [7, 11) is -2.42. The number of hydrogen-bond acceptors (Lipinski definition) is 4. The van der Waals surface area contributed by atoms with E-state index in [4.69, 9.17) is 11.6 Å². The second kappa shape index (κ2) is 7.39. The molecule has 0 saturated carbocycles. The lowest BCUT2D eigenvalue weighted by Gasteiger charge is -2.09. The Morgan fingerprint density at radius 3 is 2.48 bits per heavy atom. The molecule has 0 unspecified atom stereocenters. The minimum absolute atomic E-state index is 0.0164. The van der Waals surface area contributed by atoms with Crippen LogP contribution < -0.4 is 15.4 Å². The first-order valence-corrected chi connectivity index (χ1v) is 7.96. The molecule has 1 aromatic rings. The summed E-state index contributed by atoms with van der Waals surface area (Å²) in [6.07, 6.45) is 0. The molecular formula is C12H16ClN3O4S. The highest BCUT2D eigenvalue weighted by Gasteiger charge is 2.17. The van der Waals surface area contributed by atoms with E-state index in [2.05, 4.69) is 15.4 Å². The lowest BCUT2D eigenvalue weighted by molar-refractivity contribution is -0.120. The smallest absolute Gasteiger partial charge is 0.253 e. The summed E-state index contributed by atoms with van der Waals surface area (Å²) in [5.74, 6) is -0.972. The van der Waals surface area contributed by atoms with Gasteiger partial charge in [0.1, 0.15) is 0 Å². The zero-order chi connectivity index (χ0) is 16.0. The number of sulfonamides is 1. The quantitative estimate of drug-likeness (QED) is 0.687. The van der Waals surface area contributed by atoms with Gasteiger partial charge in [-0.25, -0.2) is 13.1 Å². The third kappa shape index (κ3) is 4.69. The molecule has 21 heavy (non-hydrogen) atoms. The zero-order valence-corrected chi connectivity index (χ0v) is 13.1. The van der Waals surface area contributed by atoms with E-state index in [0.29, 0.717) is 6.54 Å². The van der Waals surface area contributed by atoms with Crippen LogP contribution in [0.2, 0.25) is 5.02 Å². The van der Waals surface area contributed by atoms with Crippen molar-refractivity contribution in [3.8, 4) is 0 Å².